The smallest absolute Gasteiger partial charge is 0.325 e. The van der Waals surface area contributed by atoms with Crippen LogP contribution in [0.15, 0.2) is 58.5 Å². The molecule has 152 valence electrons. The van der Waals surface area contributed by atoms with Gasteiger partial charge in [0.05, 0.1) is 0 Å². The summed E-state index contributed by atoms with van der Waals surface area (Å²) in [6, 6.07) is 15.5. The van der Waals surface area contributed by atoms with Crippen LogP contribution in [0.4, 0.5) is 5.69 Å². The number of anilines is 1. The molecule has 0 aliphatic rings. The maximum atomic E-state index is 13.3. The SMILES string of the molecule is CCCCn1c(S[C@@H](C(=O)Nc2cc(C)ccc2C)c2ccccc2)n[nH]c1=O. The van der Waals surface area contributed by atoms with Crippen LogP contribution in [-0.2, 0) is 11.3 Å². The number of nitrogens with one attached hydrogen (secondary N) is 2. The Bertz CT molecular complexity index is 1030. The van der Waals surface area contributed by atoms with Crippen molar-refractivity contribution in [1.29, 1.82) is 0 Å². The van der Waals surface area contributed by atoms with Gasteiger partial charge in [-0.25, -0.2) is 9.89 Å². The summed E-state index contributed by atoms with van der Waals surface area (Å²) in [6.07, 6.45) is 1.84. The number of rotatable bonds is 8. The summed E-state index contributed by atoms with van der Waals surface area (Å²) in [6.45, 7) is 6.61. The summed E-state index contributed by atoms with van der Waals surface area (Å²) in [5.41, 5.74) is 3.48. The molecular formula is C22H26N4O2S. The van der Waals surface area contributed by atoms with Gasteiger partial charge in [0.25, 0.3) is 0 Å². The first-order valence-corrected chi connectivity index (χ1v) is 10.6. The van der Waals surface area contributed by atoms with Crippen molar-refractivity contribution in [2.45, 2.75) is 50.6 Å². The monoisotopic (exact) mass is 410 g/mol. The van der Waals surface area contributed by atoms with Crippen molar-refractivity contribution in [2.24, 2.45) is 0 Å². The molecule has 0 aliphatic heterocycles. The molecule has 1 heterocycles. The Hall–Kier alpha value is -2.80. The molecule has 1 atom stereocenters. The summed E-state index contributed by atoms with van der Waals surface area (Å²) < 4.78 is 1.61. The predicted molar refractivity (Wildman–Crippen MR) is 117 cm³/mol. The number of benzene rings is 2. The molecule has 3 rings (SSSR count). The van der Waals surface area contributed by atoms with Gasteiger partial charge < -0.3 is 5.32 Å². The first kappa shape index (κ1) is 20.9. The average Bonchev–Trinajstić information content (AvgIpc) is 3.07. The Morgan fingerprint density at radius 2 is 1.97 bits per heavy atom. The standard InChI is InChI=1S/C22H26N4O2S/c1-4-5-13-26-21(28)24-25-22(26)29-19(17-9-7-6-8-10-17)20(27)23-18-14-15(2)11-12-16(18)3/h6-12,14,19H,4-5,13H2,1-3H3,(H,23,27)(H,24,28)/t19-/m1/s1. The van der Waals surface area contributed by atoms with Crippen LogP contribution >= 0.6 is 11.8 Å². The highest BCUT2D eigenvalue weighted by molar-refractivity contribution is 8.00. The maximum Gasteiger partial charge on any atom is 0.343 e. The number of H-pyrrole nitrogens is 1. The van der Waals surface area contributed by atoms with Gasteiger partial charge in [-0.2, -0.15) is 0 Å². The molecule has 0 unspecified atom stereocenters. The minimum Gasteiger partial charge on any atom is -0.325 e. The molecule has 0 saturated heterocycles. The van der Waals surface area contributed by atoms with Gasteiger partial charge >= 0.3 is 5.69 Å². The van der Waals surface area contributed by atoms with Crippen LogP contribution < -0.4 is 11.0 Å². The van der Waals surface area contributed by atoms with Crippen molar-refractivity contribution < 1.29 is 4.79 Å². The van der Waals surface area contributed by atoms with E-state index < -0.39 is 5.25 Å². The molecule has 2 N–H and O–H groups in total. The van der Waals surface area contributed by atoms with Crippen molar-refractivity contribution in [3.8, 4) is 0 Å². The Balaban J connectivity index is 1.91. The Labute approximate surface area is 174 Å². The molecule has 7 heteroatoms. The lowest BCUT2D eigenvalue weighted by molar-refractivity contribution is -0.115. The van der Waals surface area contributed by atoms with Gasteiger partial charge in [0.1, 0.15) is 5.25 Å². The summed E-state index contributed by atoms with van der Waals surface area (Å²) in [5.74, 6) is -0.146. The molecule has 0 aliphatic carbocycles. The number of carbonyl (C=O) groups excluding carboxylic acids is 1. The molecule has 3 aromatic rings. The predicted octanol–water partition coefficient (Wildman–Crippen LogP) is 4.46. The Morgan fingerprint density at radius 1 is 1.21 bits per heavy atom. The lowest BCUT2D eigenvalue weighted by Crippen LogP contribution is -2.21. The molecule has 1 amide bonds. The molecule has 0 bridgehead atoms. The van der Waals surface area contributed by atoms with Gasteiger partial charge in [0.2, 0.25) is 5.91 Å². The number of nitrogens with zero attached hydrogens (tertiary/aromatic N) is 2. The van der Waals surface area contributed by atoms with Crippen molar-refractivity contribution in [3.05, 3.63) is 75.7 Å². The van der Waals surface area contributed by atoms with E-state index in [2.05, 4.69) is 22.4 Å². The highest BCUT2D eigenvalue weighted by Gasteiger charge is 2.25. The van der Waals surface area contributed by atoms with Crippen LogP contribution in [0.2, 0.25) is 0 Å². The normalized spacial score (nSPS) is 12.0. The third-order valence-electron chi connectivity index (χ3n) is 4.67. The number of unbranched alkanes of at least 4 members (excludes halogenated alkanes) is 1. The zero-order valence-corrected chi connectivity index (χ0v) is 17.8. The van der Waals surface area contributed by atoms with E-state index in [4.69, 9.17) is 0 Å². The van der Waals surface area contributed by atoms with E-state index in [1.807, 2.05) is 62.4 Å². The van der Waals surface area contributed by atoms with E-state index in [1.165, 1.54) is 11.8 Å². The van der Waals surface area contributed by atoms with Crippen LogP contribution in [0.25, 0.3) is 0 Å². The quantitative estimate of drug-likeness (QED) is 0.537. The molecule has 2 aromatic carbocycles. The number of hydrogen-bond acceptors (Lipinski definition) is 4. The molecule has 0 saturated carbocycles. The lowest BCUT2D eigenvalue weighted by atomic mass is 10.1. The van der Waals surface area contributed by atoms with Crippen LogP contribution in [0.5, 0.6) is 0 Å². The van der Waals surface area contributed by atoms with Crippen LogP contribution in [-0.4, -0.2) is 20.7 Å². The van der Waals surface area contributed by atoms with Gasteiger partial charge in [-0.15, -0.1) is 5.10 Å². The van der Waals surface area contributed by atoms with Gasteiger partial charge in [-0.05, 0) is 43.0 Å². The van der Waals surface area contributed by atoms with Crippen molar-refractivity contribution >= 4 is 23.4 Å². The van der Waals surface area contributed by atoms with Crippen LogP contribution in [0.3, 0.4) is 0 Å². The van der Waals surface area contributed by atoms with Crippen molar-refractivity contribution in [3.63, 3.8) is 0 Å². The van der Waals surface area contributed by atoms with Gasteiger partial charge in [-0.1, -0.05) is 67.6 Å². The second-order valence-electron chi connectivity index (χ2n) is 7.03. The Kier molecular flexibility index (Phi) is 6.93. The summed E-state index contributed by atoms with van der Waals surface area (Å²) in [7, 11) is 0. The summed E-state index contributed by atoms with van der Waals surface area (Å²) >= 11 is 1.29. The highest BCUT2D eigenvalue weighted by atomic mass is 32.2. The molecule has 1 aromatic heterocycles. The number of aromatic amines is 1. The fourth-order valence-corrected chi connectivity index (χ4v) is 4.05. The number of hydrogen-bond donors (Lipinski definition) is 2. The zero-order chi connectivity index (χ0) is 20.8. The minimum atomic E-state index is -0.535. The van der Waals surface area contributed by atoms with Crippen LogP contribution in [0.1, 0.15) is 41.7 Å². The Morgan fingerprint density at radius 3 is 2.69 bits per heavy atom. The topological polar surface area (TPSA) is 79.8 Å². The lowest BCUT2D eigenvalue weighted by Gasteiger charge is -2.18. The minimum absolute atomic E-state index is 0.146. The number of carbonyl (C=O) groups is 1. The summed E-state index contributed by atoms with van der Waals surface area (Å²) in [4.78, 5) is 25.4. The van der Waals surface area contributed by atoms with E-state index in [1.54, 1.807) is 4.57 Å². The number of thioether (sulfide) groups is 1. The zero-order valence-electron chi connectivity index (χ0n) is 16.9. The second kappa shape index (κ2) is 9.60. The third kappa shape index (κ3) is 5.17. The van der Waals surface area contributed by atoms with Gasteiger partial charge in [0, 0.05) is 12.2 Å². The van der Waals surface area contributed by atoms with E-state index in [-0.39, 0.29) is 11.6 Å². The van der Waals surface area contributed by atoms with Crippen molar-refractivity contribution in [2.75, 3.05) is 5.32 Å². The number of aryl methyl sites for hydroxylation is 2. The summed E-state index contributed by atoms with van der Waals surface area (Å²) in [5, 5.41) is 9.72. The van der Waals surface area contributed by atoms with Crippen molar-refractivity contribution in [1.82, 2.24) is 14.8 Å². The molecule has 29 heavy (non-hydrogen) atoms. The molecule has 0 spiro atoms. The fourth-order valence-electron chi connectivity index (χ4n) is 2.98. The molecule has 6 nitrogen and oxygen atoms in total. The largest absolute Gasteiger partial charge is 0.343 e. The third-order valence-corrected chi connectivity index (χ3v) is 5.92. The van der Waals surface area contributed by atoms with E-state index in [0.29, 0.717) is 11.7 Å². The first-order chi connectivity index (χ1) is 14.0. The van der Waals surface area contributed by atoms with E-state index in [0.717, 1.165) is 35.2 Å². The number of aromatic nitrogens is 3. The average molecular weight is 411 g/mol. The van der Waals surface area contributed by atoms with Gasteiger partial charge in [-0.3, -0.25) is 9.36 Å². The number of amides is 1. The first-order valence-electron chi connectivity index (χ1n) is 9.74. The van der Waals surface area contributed by atoms with Crippen LogP contribution in [0, 0.1) is 13.8 Å². The molecular weight excluding hydrogens is 384 g/mol. The molecule has 0 fully saturated rings. The molecule has 0 radical (unpaired) electrons. The maximum absolute atomic E-state index is 13.3. The highest BCUT2D eigenvalue weighted by Crippen LogP contribution is 2.35. The van der Waals surface area contributed by atoms with E-state index >= 15 is 0 Å². The van der Waals surface area contributed by atoms with Gasteiger partial charge in [0.15, 0.2) is 5.16 Å². The second-order valence-corrected chi connectivity index (χ2v) is 8.10. The van der Waals surface area contributed by atoms with E-state index in [9.17, 15) is 9.59 Å². The fraction of sp³-hybridized carbons (Fsp3) is 0.318.